The molecule has 2 rings (SSSR count). The standard InChI is InChI=1S/C11H17NO2/c1-12-9-3-4-10(12)6-8(5-9)7-11(13)14-2/h7,9-10H,3-6H2,1-2H3/t9-,10+. The maximum absolute atomic E-state index is 11.1. The Labute approximate surface area is 84.7 Å². The zero-order valence-electron chi connectivity index (χ0n) is 8.82. The van der Waals surface area contributed by atoms with Gasteiger partial charge in [0.15, 0.2) is 0 Å². The van der Waals surface area contributed by atoms with E-state index in [4.69, 9.17) is 0 Å². The highest BCUT2D eigenvalue weighted by Gasteiger charge is 2.35. The summed E-state index contributed by atoms with van der Waals surface area (Å²) >= 11 is 0. The second-order valence-corrected chi connectivity index (χ2v) is 4.28. The highest BCUT2D eigenvalue weighted by molar-refractivity contribution is 5.82. The lowest BCUT2D eigenvalue weighted by Crippen LogP contribution is -2.37. The van der Waals surface area contributed by atoms with E-state index in [1.165, 1.54) is 25.5 Å². The Morgan fingerprint density at radius 1 is 1.43 bits per heavy atom. The number of methoxy groups -OCH3 is 1. The lowest BCUT2D eigenvalue weighted by Gasteiger charge is -2.32. The van der Waals surface area contributed by atoms with E-state index in [9.17, 15) is 4.79 Å². The summed E-state index contributed by atoms with van der Waals surface area (Å²) in [5.41, 5.74) is 1.27. The van der Waals surface area contributed by atoms with E-state index in [2.05, 4.69) is 16.7 Å². The molecule has 0 spiro atoms. The minimum Gasteiger partial charge on any atom is -0.466 e. The lowest BCUT2D eigenvalue weighted by molar-refractivity contribution is -0.134. The van der Waals surface area contributed by atoms with Crippen LogP contribution in [0.3, 0.4) is 0 Å². The predicted octanol–water partition coefficient (Wildman–Crippen LogP) is 1.34. The van der Waals surface area contributed by atoms with Gasteiger partial charge in [-0.25, -0.2) is 4.79 Å². The molecule has 2 fully saturated rings. The summed E-state index contributed by atoms with van der Waals surface area (Å²) in [6, 6.07) is 1.31. The molecular formula is C11H17NO2. The van der Waals surface area contributed by atoms with E-state index in [1.54, 1.807) is 6.08 Å². The average molecular weight is 195 g/mol. The topological polar surface area (TPSA) is 29.5 Å². The molecule has 2 bridgehead atoms. The van der Waals surface area contributed by atoms with Crippen molar-refractivity contribution in [3.63, 3.8) is 0 Å². The maximum Gasteiger partial charge on any atom is 0.330 e. The number of piperidine rings is 1. The Hall–Kier alpha value is -0.830. The largest absolute Gasteiger partial charge is 0.466 e. The van der Waals surface area contributed by atoms with E-state index >= 15 is 0 Å². The van der Waals surface area contributed by atoms with E-state index in [-0.39, 0.29) is 5.97 Å². The monoisotopic (exact) mass is 195 g/mol. The minimum atomic E-state index is -0.205. The molecule has 14 heavy (non-hydrogen) atoms. The van der Waals surface area contributed by atoms with Crippen LogP contribution >= 0.6 is 0 Å². The number of ether oxygens (including phenoxy) is 1. The van der Waals surface area contributed by atoms with E-state index < -0.39 is 0 Å². The summed E-state index contributed by atoms with van der Waals surface area (Å²) in [7, 11) is 3.63. The Bertz CT molecular complexity index is 256. The van der Waals surface area contributed by atoms with Crippen LogP contribution in [0.4, 0.5) is 0 Å². The molecule has 0 aromatic heterocycles. The predicted molar refractivity (Wildman–Crippen MR) is 53.9 cm³/mol. The third kappa shape index (κ3) is 1.69. The van der Waals surface area contributed by atoms with Crippen LogP contribution in [0, 0.1) is 0 Å². The van der Waals surface area contributed by atoms with Crippen molar-refractivity contribution in [1.29, 1.82) is 0 Å². The summed E-state index contributed by atoms with van der Waals surface area (Å²) in [4.78, 5) is 13.5. The highest BCUT2D eigenvalue weighted by atomic mass is 16.5. The number of carbonyl (C=O) groups is 1. The fourth-order valence-electron chi connectivity index (χ4n) is 2.61. The first-order chi connectivity index (χ1) is 6.70. The fourth-order valence-corrected chi connectivity index (χ4v) is 2.61. The zero-order chi connectivity index (χ0) is 10.1. The van der Waals surface area contributed by atoms with Gasteiger partial charge in [-0.3, -0.25) is 4.90 Å². The molecule has 0 radical (unpaired) electrons. The molecule has 2 saturated heterocycles. The van der Waals surface area contributed by atoms with Crippen molar-refractivity contribution >= 4 is 5.97 Å². The first kappa shape index (κ1) is 9.71. The molecule has 3 heteroatoms. The summed E-state index contributed by atoms with van der Waals surface area (Å²) in [5, 5.41) is 0. The summed E-state index contributed by atoms with van der Waals surface area (Å²) < 4.78 is 4.64. The second-order valence-electron chi connectivity index (χ2n) is 4.28. The molecule has 2 atom stereocenters. The number of hydrogen-bond acceptors (Lipinski definition) is 3. The molecule has 0 N–H and O–H groups in total. The normalized spacial score (nSPS) is 34.9. The molecule has 78 valence electrons. The van der Waals surface area contributed by atoms with E-state index in [0.717, 1.165) is 12.8 Å². The Balaban J connectivity index is 2.06. The van der Waals surface area contributed by atoms with Crippen molar-refractivity contribution in [3.05, 3.63) is 11.6 Å². The van der Waals surface area contributed by atoms with Crippen molar-refractivity contribution in [1.82, 2.24) is 4.90 Å². The van der Waals surface area contributed by atoms with Crippen LogP contribution < -0.4 is 0 Å². The smallest absolute Gasteiger partial charge is 0.330 e. The molecular weight excluding hydrogens is 178 g/mol. The first-order valence-electron chi connectivity index (χ1n) is 5.20. The van der Waals surface area contributed by atoms with E-state index in [0.29, 0.717) is 12.1 Å². The van der Waals surface area contributed by atoms with Gasteiger partial charge >= 0.3 is 5.97 Å². The van der Waals surface area contributed by atoms with Crippen molar-refractivity contribution < 1.29 is 9.53 Å². The zero-order valence-corrected chi connectivity index (χ0v) is 8.82. The average Bonchev–Trinajstić information content (AvgIpc) is 2.42. The molecule has 0 aromatic rings. The molecule has 2 aliphatic rings. The summed E-state index contributed by atoms with van der Waals surface area (Å²) in [6.45, 7) is 0. The van der Waals surface area contributed by atoms with Gasteiger partial charge in [-0.1, -0.05) is 5.57 Å². The molecule has 0 unspecified atom stereocenters. The van der Waals surface area contributed by atoms with Crippen LogP contribution in [0.2, 0.25) is 0 Å². The summed E-state index contributed by atoms with van der Waals surface area (Å²) in [6.07, 6.45) is 6.32. The molecule has 0 amide bonds. The van der Waals surface area contributed by atoms with Crippen LogP contribution in [0.1, 0.15) is 25.7 Å². The van der Waals surface area contributed by atoms with Gasteiger partial charge in [-0.05, 0) is 32.7 Å². The van der Waals surface area contributed by atoms with Gasteiger partial charge in [0.1, 0.15) is 0 Å². The van der Waals surface area contributed by atoms with Gasteiger partial charge in [-0.2, -0.15) is 0 Å². The Kier molecular flexibility index (Phi) is 2.59. The molecule has 2 heterocycles. The maximum atomic E-state index is 11.1. The van der Waals surface area contributed by atoms with Crippen molar-refractivity contribution in [3.8, 4) is 0 Å². The van der Waals surface area contributed by atoms with Gasteiger partial charge in [0.05, 0.1) is 7.11 Å². The highest BCUT2D eigenvalue weighted by Crippen LogP contribution is 2.36. The molecule has 0 saturated carbocycles. The number of hydrogen-bond donors (Lipinski definition) is 0. The molecule has 2 aliphatic heterocycles. The van der Waals surface area contributed by atoms with Crippen LogP contribution in [-0.4, -0.2) is 37.1 Å². The SMILES string of the molecule is COC(=O)C=C1C[C@H]2CC[C@@H](C1)N2C. The van der Waals surface area contributed by atoms with Crippen molar-refractivity contribution in [2.24, 2.45) is 0 Å². The van der Waals surface area contributed by atoms with Gasteiger partial charge in [0.2, 0.25) is 0 Å². The second kappa shape index (κ2) is 3.73. The van der Waals surface area contributed by atoms with Crippen LogP contribution in [0.5, 0.6) is 0 Å². The number of nitrogens with zero attached hydrogens (tertiary/aromatic N) is 1. The number of fused-ring (bicyclic) bond motifs is 2. The minimum absolute atomic E-state index is 0.205. The van der Waals surface area contributed by atoms with Crippen LogP contribution in [0.25, 0.3) is 0 Å². The quantitative estimate of drug-likeness (QED) is 0.467. The van der Waals surface area contributed by atoms with Crippen LogP contribution in [0.15, 0.2) is 11.6 Å². The first-order valence-corrected chi connectivity index (χ1v) is 5.20. The van der Waals surface area contributed by atoms with Gasteiger partial charge in [0, 0.05) is 18.2 Å². The third-order valence-electron chi connectivity index (χ3n) is 3.50. The molecule has 3 nitrogen and oxygen atoms in total. The van der Waals surface area contributed by atoms with Crippen molar-refractivity contribution in [2.45, 2.75) is 37.8 Å². The van der Waals surface area contributed by atoms with Crippen LogP contribution in [-0.2, 0) is 9.53 Å². The molecule has 0 aliphatic carbocycles. The van der Waals surface area contributed by atoms with Crippen molar-refractivity contribution in [2.75, 3.05) is 14.2 Å². The Morgan fingerprint density at radius 3 is 2.50 bits per heavy atom. The van der Waals surface area contributed by atoms with Gasteiger partial charge in [-0.15, -0.1) is 0 Å². The van der Waals surface area contributed by atoms with Gasteiger partial charge < -0.3 is 4.74 Å². The Morgan fingerprint density at radius 2 is 2.00 bits per heavy atom. The summed E-state index contributed by atoms with van der Waals surface area (Å²) in [5.74, 6) is -0.205. The van der Waals surface area contributed by atoms with Gasteiger partial charge in [0.25, 0.3) is 0 Å². The third-order valence-corrected chi connectivity index (χ3v) is 3.50. The number of carbonyl (C=O) groups excluding carboxylic acids is 1. The lowest BCUT2D eigenvalue weighted by atomic mass is 9.97. The fraction of sp³-hybridized carbons (Fsp3) is 0.727. The number of esters is 1. The number of rotatable bonds is 1. The molecule has 0 aromatic carbocycles. The van der Waals surface area contributed by atoms with E-state index in [1.807, 2.05) is 0 Å².